The predicted octanol–water partition coefficient (Wildman–Crippen LogP) is 4.89. The van der Waals surface area contributed by atoms with Crippen molar-refractivity contribution in [1.29, 1.82) is 0 Å². The van der Waals surface area contributed by atoms with E-state index in [1.54, 1.807) is 36.4 Å². The van der Waals surface area contributed by atoms with E-state index in [-0.39, 0.29) is 0 Å². The minimum absolute atomic E-state index is 0.485. The second-order valence-corrected chi connectivity index (χ2v) is 7.56. The van der Waals surface area contributed by atoms with Crippen LogP contribution in [0, 0.1) is 0 Å². The average Bonchev–Trinajstić information content (AvgIpc) is 2.44. The van der Waals surface area contributed by atoms with E-state index >= 15 is 0 Å². The van der Waals surface area contributed by atoms with Crippen LogP contribution in [-0.2, 0) is 9.59 Å². The Labute approximate surface area is 160 Å². The van der Waals surface area contributed by atoms with Gasteiger partial charge in [0.2, 0.25) is 0 Å². The zero-order valence-corrected chi connectivity index (χ0v) is 17.2. The van der Waals surface area contributed by atoms with Crippen molar-refractivity contribution in [2.45, 2.75) is 0 Å². The third-order valence-corrected chi connectivity index (χ3v) is 5.30. The maximum atomic E-state index is 12.4. The molecule has 0 radical (unpaired) electrons. The summed E-state index contributed by atoms with van der Waals surface area (Å²) in [5.74, 6) is -1.90. The van der Waals surface area contributed by atoms with Crippen LogP contribution in [0.25, 0.3) is 0 Å². The molecule has 2 aromatic rings. The highest BCUT2D eigenvalue weighted by molar-refractivity contribution is 9.11. The van der Waals surface area contributed by atoms with Crippen molar-refractivity contribution in [3.05, 3.63) is 54.3 Å². The number of nitrogens with zero attached hydrogens (tertiary/aromatic N) is 1. The number of benzene rings is 2. The normalized spacial score (nSPS) is 10.4. The highest BCUT2D eigenvalue weighted by Gasteiger charge is 2.29. The molecule has 2 N–H and O–H groups in total. The Balaban J connectivity index is 2.79. The SMILES string of the molecule is NC(=O)C(=O)N(c1c(Br)cccc1Br)c1c(Br)cccc1Br. The van der Waals surface area contributed by atoms with Gasteiger partial charge in [-0.2, -0.15) is 0 Å². The third kappa shape index (κ3) is 3.45. The first-order chi connectivity index (χ1) is 10.3. The van der Waals surface area contributed by atoms with Crippen LogP contribution < -0.4 is 10.6 Å². The molecule has 2 rings (SSSR count). The number of carbonyl (C=O) groups excluding carboxylic acids is 2. The molecular weight excluding hydrogens is 548 g/mol. The van der Waals surface area contributed by atoms with E-state index < -0.39 is 11.8 Å². The molecule has 0 spiro atoms. The van der Waals surface area contributed by atoms with E-state index in [4.69, 9.17) is 5.73 Å². The van der Waals surface area contributed by atoms with Gasteiger partial charge >= 0.3 is 11.8 Å². The Morgan fingerprint density at radius 3 is 1.36 bits per heavy atom. The van der Waals surface area contributed by atoms with Crippen molar-refractivity contribution in [3.8, 4) is 0 Å². The van der Waals surface area contributed by atoms with E-state index in [9.17, 15) is 9.59 Å². The Bertz CT molecular complexity index is 673. The highest BCUT2D eigenvalue weighted by atomic mass is 79.9. The Morgan fingerprint density at radius 2 is 1.09 bits per heavy atom. The summed E-state index contributed by atoms with van der Waals surface area (Å²) in [6.07, 6.45) is 0. The molecule has 0 heterocycles. The molecule has 0 fully saturated rings. The van der Waals surface area contributed by atoms with Gasteiger partial charge in [-0.15, -0.1) is 0 Å². The van der Waals surface area contributed by atoms with Crippen molar-refractivity contribution >= 4 is 86.9 Å². The summed E-state index contributed by atoms with van der Waals surface area (Å²) in [6.45, 7) is 0. The predicted molar refractivity (Wildman–Crippen MR) is 100 cm³/mol. The number of nitrogens with two attached hydrogens (primary N) is 1. The van der Waals surface area contributed by atoms with Gasteiger partial charge in [-0.05, 0) is 88.0 Å². The van der Waals surface area contributed by atoms with Gasteiger partial charge in [0.1, 0.15) is 0 Å². The van der Waals surface area contributed by atoms with Gasteiger partial charge in [-0.25, -0.2) is 0 Å². The number of primary amides is 1. The molecule has 114 valence electrons. The van der Waals surface area contributed by atoms with Crippen LogP contribution >= 0.6 is 63.7 Å². The second kappa shape index (κ2) is 7.25. The summed E-state index contributed by atoms with van der Waals surface area (Å²) in [5.41, 5.74) is 6.19. The molecule has 0 aliphatic heterocycles. The number of rotatable bonds is 2. The monoisotopic (exact) mass is 552 g/mol. The molecule has 0 bridgehead atoms. The number of hydrogen-bond acceptors (Lipinski definition) is 2. The van der Waals surface area contributed by atoms with Gasteiger partial charge in [-0.3, -0.25) is 14.5 Å². The molecule has 0 atom stereocenters. The zero-order valence-electron chi connectivity index (χ0n) is 10.8. The maximum Gasteiger partial charge on any atom is 0.320 e. The van der Waals surface area contributed by atoms with Crippen molar-refractivity contribution in [1.82, 2.24) is 0 Å². The molecular formula is C14H8Br4N2O2. The van der Waals surface area contributed by atoms with E-state index in [1.807, 2.05) is 0 Å². The number of hydrogen-bond donors (Lipinski definition) is 1. The van der Waals surface area contributed by atoms with Gasteiger partial charge in [0.05, 0.1) is 11.4 Å². The van der Waals surface area contributed by atoms with Gasteiger partial charge in [0.15, 0.2) is 0 Å². The molecule has 0 aromatic heterocycles. The molecule has 4 nitrogen and oxygen atoms in total. The second-order valence-electron chi connectivity index (χ2n) is 4.15. The quantitative estimate of drug-likeness (QED) is 0.537. The van der Waals surface area contributed by atoms with Crippen LogP contribution in [-0.4, -0.2) is 11.8 Å². The summed E-state index contributed by atoms with van der Waals surface area (Å²) >= 11 is 13.6. The van der Waals surface area contributed by atoms with Crippen LogP contribution in [0.1, 0.15) is 0 Å². The largest absolute Gasteiger partial charge is 0.361 e. The Kier molecular flexibility index (Phi) is 5.81. The smallest absolute Gasteiger partial charge is 0.320 e. The molecule has 22 heavy (non-hydrogen) atoms. The van der Waals surface area contributed by atoms with Crippen LogP contribution in [0.2, 0.25) is 0 Å². The fourth-order valence-electron chi connectivity index (χ4n) is 1.83. The van der Waals surface area contributed by atoms with Crippen molar-refractivity contribution < 1.29 is 9.59 Å². The minimum Gasteiger partial charge on any atom is -0.361 e. The van der Waals surface area contributed by atoms with E-state index in [0.717, 1.165) is 0 Å². The first kappa shape index (κ1) is 17.7. The van der Waals surface area contributed by atoms with Crippen LogP contribution in [0.5, 0.6) is 0 Å². The molecule has 2 aromatic carbocycles. The van der Waals surface area contributed by atoms with Crippen molar-refractivity contribution in [3.63, 3.8) is 0 Å². The topological polar surface area (TPSA) is 63.4 Å². The lowest BCUT2D eigenvalue weighted by molar-refractivity contribution is -0.135. The maximum absolute atomic E-state index is 12.4. The van der Waals surface area contributed by atoms with E-state index in [2.05, 4.69) is 63.7 Å². The standard InChI is InChI=1S/C14H8Br4N2O2/c15-7-3-1-4-8(16)11(7)20(14(22)13(19)21)12-9(17)5-2-6-10(12)18/h1-6H,(H2,19,21). The number of carbonyl (C=O) groups is 2. The van der Waals surface area contributed by atoms with Gasteiger partial charge in [0, 0.05) is 17.9 Å². The Morgan fingerprint density at radius 1 is 0.773 bits per heavy atom. The van der Waals surface area contributed by atoms with E-state index in [1.165, 1.54) is 4.90 Å². The van der Waals surface area contributed by atoms with Crippen LogP contribution in [0.15, 0.2) is 54.3 Å². The lowest BCUT2D eigenvalue weighted by Crippen LogP contribution is -2.38. The van der Waals surface area contributed by atoms with Crippen LogP contribution in [0.3, 0.4) is 0 Å². The lowest BCUT2D eigenvalue weighted by atomic mass is 10.2. The molecule has 0 aliphatic carbocycles. The zero-order chi connectivity index (χ0) is 16.4. The molecule has 2 amide bonds. The average molecular weight is 556 g/mol. The fourth-order valence-corrected chi connectivity index (χ4v) is 4.54. The first-order valence-electron chi connectivity index (χ1n) is 5.86. The number of anilines is 2. The molecule has 0 aliphatic rings. The number of amides is 2. The first-order valence-corrected chi connectivity index (χ1v) is 9.03. The van der Waals surface area contributed by atoms with Crippen molar-refractivity contribution in [2.24, 2.45) is 5.73 Å². The molecule has 8 heteroatoms. The van der Waals surface area contributed by atoms with Gasteiger partial charge < -0.3 is 5.73 Å². The summed E-state index contributed by atoms with van der Waals surface area (Å²) in [5, 5.41) is 0. The van der Waals surface area contributed by atoms with Gasteiger partial charge in [-0.1, -0.05) is 12.1 Å². The van der Waals surface area contributed by atoms with E-state index in [0.29, 0.717) is 29.3 Å². The molecule has 0 saturated heterocycles. The van der Waals surface area contributed by atoms with Gasteiger partial charge in [0.25, 0.3) is 0 Å². The lowest BCUT2D eigenvalue weighted by Gasteiger charge is -2.26. The van der Waals surface area contributed by atoms with Crippen molar-refractivity contribution in [2.75, 3.05) is 4.90 Å². The summed E-state index contributed by atoms with van der Waals surface area (Å²) in [6, 6.07) is 10.7. The highest BCUT2D eigenvalue weighted by Crippen LogP contribution is 2.43. The summed E-state index contributed by atoms with van der Waals surface area (Å²) in [4.78, 5) is 25.2. The Hall–Kier alpha value is -0.700. The number of halogens is 4. The molecule has 0 saturated carbocycles. The van der Waals surface area contributed by atoms with Crippen LogP contribution in [0.4, 0.5) is 11.4 Å². The fraction of sp³-hybridized carbons (Fsp3) is 0. The molecule has 0 unspecified atom stereocenters. The number of para-hydroxylation sites is 2. The summed E-state index contributed by atoms with van der Waals surface area (Å²) < 4.78 is 2.55. The third-order valence-electron chi connectivity index (χ3n) is 2.74. The summed E-state index contributed by atoms with van der Waals surface area (Å²) in [7, 11) is 0. The minimum atomic E-state index is -1.05.